The Morgan fingerprint density at radius 2 is 1.89 bits per heavy atom. The third-order valence-corrected chi connectivity index (χ3v) is 2.88. The standard InChI is InChI=1S/C16H23NO/c1-4-5-11-17(15(3)18)13-14(2)12-16-9-7-6-8-10-16/h6-10,12H,4-5,11,13H2,1-3H3/b14-12+. The minimum Gasteiger partial charge on any atom is -0.339 e. The first kappa shape index (κ1) is 14.5. The summed E-state index contributed by atoms with van der Waals surface area (Å²) in [6.07, 6.45) is 4.32. The molecule has 2 heteroatoms. The lowest BCUT2D eigenvalue weighted by Gasteiger charge is -2.21. The second-order valence-corrected chi connectivity index (χ2v) is 4.70. The Balaban J connectivity index is 2.63. The predicted octanol–water partition coefficient (Wildman–Crippen LogP) is 3.74. The number of carbonyl (C=O) groups is 1. The average Bonchev–Trinajstić information content (AvgIpc) is 2.35. The smallest absolute Gasteiger partial charge is 0.219 e. The van der Waals surface area contributed by atoms with Crippen LogP contribution < -0.4 is 0 Å². The molecule has 0 fully saturated rings. The molecule has 0 aliphatic carbocycles. The molecule has 0 radical (unpaired) electrons. The van der Waals surface area contributed by atoms with Gasteiger partial charge in [0, 0.05) is 20.0 Å². The van der Waals surface area contributed by atoms with E-state index in [0.29, 0.717) is 0 Å². The average molecular weight is 245 g/mol. The van der Waals surface area contributed by atoms with Crippen LogP contribution in [0.25, 0.3) is 6.08 Å². The van der Waals surface area contributed by atoms with Crippen molar-refractivity contribution in [3.63, 3.8) is 0 Å². The highest BCUT2D eigenvalue weighted by Gasteiger charge is 2.07. The molecule has 98 valence electrons. The van der Waals surface area contributed by atoms with Crippen molar-refractivity contribution >= 4 is 12.0 Å². The summed E-state index contributed by atoms with van der Waals surface area (Å²) >= 11 is 0. The van der Waals surface area contributed by atoms with Gasteiger partial charge in [-0.15, -0.1) is 0 Å². The van der Waals surface area contributed by atoms with E-state index in [0.717, 1.165) is 25.9 Å². The number of rotatable bonds is 6. The summed E-state index contributed by atoms with van der Waals surface area (Å²) in [7, 11) is 0. The van der Waals surface area contributed by atoms with Gasteiger partial charge < -0.3 is 4.90 Å². The van der Waals surface area contributed by atoms with Crippen LogP contribution in [0.2, 0.25) is 0 Å². The zero-order valence-corrected chi connectivity index (χ0v) is 11.6. The van der Waals surface area contributed by atoms with Crippen LogP contribution in [0.5, 0.6) is 0 Å². The van der Waals surface area contributed by atoms with E-state index in [2.05, 4.69) is 32.1 Å². The number of unbranched alkanes of at least 4 members (excludes halogenated alkanes) is 1. The van der Waals surface area contributed by atoms with Crippen molar-refractivity contribution in [3.8, 4) is 0 Å². The number of hydrogen-bond donors (Lipinski definition) is 0. The molecule has 0 heterocycles. The summed E-state index contributed by atoms with van der Waals surface area (Å²) < 4.78 is 0. The Hall–Kier alpha value is -1.57. The topological polar surface area (TPSA) is 20.3 Å². The highest BCUT2D eigenvalue weighted by atomic mass is 16.2. The lowest BCUT2D eigenvalue weighted by atomic mass is 10.1. The molecule has 0 saturated carbocycles. The van der Waals surface area contributed by atoms with Gasteiger partial charge in [0.25, 0.3) is 0 Å². The fourth-order valence-electron chi connectivity index (χ4n) is 1.88. The molecule has 0 unspecified atom stereocenters. The summed E-state index contributed by atoms with van der Waals surface area (Å²) in [5.41, 5.74) is 2.40. The molecule has 0 saturated heterocycles. The van der Waals surface area contributed by atoms with Crippen LogP contribution in [-0.4, -0.2) is 23.9 Å². The summed E-state index contributed by atoms with van der Waals surface area (Å²) in [4.78, 5) is 13.5. The van der Waals surface area contributed by atoms with Gasteiger partial charge in [-0.1, -0.05) is 55.3 Å². The van der Waals surface area contributed by atoms with E-state index >= 15 is 0 Å². The van der Waals surface area contributed by atoms with Crippen LogP contribution in [0, 0.1) is 0 Å². The van der Waals surface area contributed by atoms with Gasteiger partial charge in [-0.2, -0.15) is 0 Å². The number of hydrogen-bond acceptors (Lipinski definition) is 1. The van der Waals surface area contributed by atoms with Gasteiger partial charge in [0.2, 0.25) is 5.91 Å². The van der Waals surface area contributed by atoms with Gasteiger partial charge in [-0.3, -0.25) is 4.79 Å². The number of carbonyl (C=O) groups excluding carboxylic acids is 1. The molecule has 0 aromatic heterocycles. The Kier molecular flexibility index (Phi) is 6.20. The molecule has 0 N–H and O–H groups in total. The van der Waals surface area contributed by atoms with E-state index in [9.17, 15) is 4.79 Å². The minimum atomic E-state index is 0.157. The molecular weight excluding hydrogens is 222 g/mol. The van der Waals surface area contributed by atoms with Crippen molar-refractivity contribution in [1.82, 2.24) is 4.90 Å². The van der Waals surface area contributed by atoms with Crippen molar-refractivity contribution in [3.05, 3.63) is 41.5 Å². The quantitative estimate of drug-likeness (QED) is 0.747. The molecular formula is C16H23NO. The lowest BCUT2D eigenvalue weighted by molar-refractivity contribution is -0.128. The van der Waals surface area contributed by atoms with Crippen molar-refractivity contribution < 1.29 is 4.79 Å². The molecule has 0 bridgehead atoms. The maximum Gasteiger partial charge on any atom is 0.219 e. The van der Waals surface area contributed by atoms with Gasteiger partial charge >= 0.3 is 0 Å². The third kappa shape index (κ3) is 5.17. The number of amides is 1. The molecule has 1 amide bonds. The van der Waals surface area contributed by atoms with E-state index in [1.165, 1.54) is 11.1 Å². The van der Waals surface area contributed by atoms with Gasteiger partial charge in [-0.25, -0.2) is 0 Å². The van der Waals surface area contributed by atoms with Gasteiger partial charge in [0.15, 0.2) is 0 Å². The number of nitrogens with zero attached hydrogens (tertiary/aromatic N) is 1. The lowest BCUT2D eigenvalue weighted by Crippen LogP contribution is -2.31. The summed E-state index contributed by atoms with van der Waals surface area (Å²) in [5, 5.41) is 0. The Labute approximate surface area is 110 Å². The highest BCUT2D eigenvalue weighted by Crippen LogP contribution is 2.08. The van der Waals surface area contributed by atoms with Crippen LogP contribution in [0.15, 0.2) is 35.9 Å². The summed E-state index contributed by atoms with van der Waals surface area (Å²) in [5.74, 6) is 0.157. The Bertz CT molecular complexity index is 395. The van der Waals surface area contributed by atoms with E-state index in [4.69, 9.17) is 0 Å². The largest absolute Gasteiger partial charge is 0.339 e. The number of benzene rings is 1. The Morgan fingerprint density at radius 1 is 1.22 bits per heavy atom. The van der Waals surface area contributed by atoms with Crippen LogP contribution in [-0.2, 0) is 4.79 Å². The molecule has 2 nitrogen and oxygen atoms in total. The maximum atomic E-state index is 11.5. The first-order valence-electron chi connectivity index (χ1n) is 6.61. The van der Waals surface area contributed by atoms with Crippen molar-refractivity contribution in [2.45, 2.75) is 33.6 Å². The molecule has 0 spiro atoms. The van der Waals surface area contributed by atoms with Gasteiger partial charge in [0.05, 0.1) is 0 Å². The zero-order chi connectivity index (χ0) is 13.4. The maximum absolute atomic E-state index is 11.5. The predicted molar refractivity (Wildman–Crippen MR) is 77.3 cm³/mol. The SMILES string of the molecule is CCCCN(C/C(C)=C/c1ccccc1)C(C)=O. The zero-order valence-electron chi connectivity index (χ0n) is 11.6. The van der Waals surface area contributed by atoms with E-state index < -0.39 is 0 Å². The first-order valence-corrected chi connectivity index (χ1v) is 6.61. The third-order valence-electron chi connectivity index (χ3n) is 2.88. The second-order valence-electron chi connectivity index (χ2n) is 4.70. The minimum absolute atomic E-state index is 0.157. The van der Waals surface area contributed by atoms with Crippen LogP contribution in [0.4, 0.5) is 0 Å². The highest BCUT2D eigenvalue weighted by molar-refractivity contribution is 5.73. The normalized spacial score (nSPS) is 11.4. The second kappa shape index (κ2) is 7.70. The monoisotopic (exact) mass is 245 g/mol. The molecule has 1 rings (SSSR count). The van der Waals surface area contributed by atoms with Gasteiger partial charge in [-0.05, 0) is 18.9 Å². The fourth-order valence-corrected chi connectivity index (χ4v) is 1.88. The van der Waals surface area contributed by atoms with Crippen molar-refractivity contribution in [2.24, 2.45) is 0 Å². The molecule has 0 aliphatic rings. The van der Waals surface area contributed by atoms with Crippen LogP contribution in [0.1, 0.15) is 39.2 Å². The first-order chi connectivity index (χ1) is 8.63. The molecule has 1 aromatic rings. The molecule has 1 aromatic carbocycles. The van der Waals surface area contributed by atoms with Gasteiger partial charge in [0.1, 0.15) is 0 Å². The van der Waals surface area contributed by atoms with Crippen molar-refractivity contribution in [2.75, 3.05) is 13.1 Å². The molecule has 0 aliphatic heterocycles. The van der Waals surface area contributed by atoms with Crippen molar-refractivity contribution in [1.29, 1.82) is 0 Å². The van der Waals surface area contributed by atoms with E-state index in [1.54, 1.807) is 6.92 Å². The Morgan fingerprint density at radius 3 is 2.44 bits per heavy atom. The van der Waals surface area contributed by atoms with E-state index in [-0.39, 0.29) is 5.91 Å². The molecule has 18 heavy (non-hydrogen) atoms. The summed E-state index contributed by atoms with van der Waals surface area (Å²) in [6, 6.07) is 10.2. The van der Waals surface area contributed by atoms with E-state index in [1.807, 2.05) is 23.1 Å². The van der Waals surface area contributed by atoms with Crippen LogP contribution >= 0.6 is 0 Å². The van der Waals surface area contributed by atoms with Crippen LogP contribution in [0.3, 0.4) is 0 Å². The molecule has 0 atom stereocenters. The fraction of sp³-hybridized carbons (Fsp3) is 0.438. The summed E-state index contributed by atoms with van der Waals surface area (Å²) in [6.45, 7) is 7.45.